The van der Waals surface area contributed by atoms with Crippen molar-refractivity contribution in [2.75, 3.05) is 16.7 Å². The van der Waals surface area contributed by atoms with E-state index in [1.807, 2.05) is 20.8 Å². The third kappa shape index (κ3) is 5.64. The van der Waals surface area contributed by atoms with Crippen LogP contribution in [0.1, 0.15) is 27.2 Å². The number of nitrogens with zero attached hydrogens (tertiary/aromatic N) is 1. The fourth-order valence-corrected chi connectivity index (χ4v) is 4.33. The van der Waals surface area contributed by atoms with Crippen molar-refractivity contribution in [3.8, 4) is 0 Å². The van der Waals surface area contributed by atoms with Crippen molar-refractivity contribution >= 4 is 54.9 Å². The van der Waals surface area contributed by atoms with Crippen molar-refractivity contribution in [3.05, 3.63) is 18.2 Å². The monoisotopic (exact) mass is 387 g/mol. The fourth-order valence-electron chi connectivity index (χ4n) is 1.87. The summed E-state index contributed by atoms with van der Waals surface area (Å²) < 4.78 is 26.7. The van der Waals surface area contributed by atoms with Crippen LogP contribution >= 0.6 is 23.1 Å². The standard InChI is InChI=1S/C15H21N3O3S3/c1-5-15(2,3)17-13(19)9-22-14-16-11-7-6-10(8-12(11)23-14)18-24(4,20)21/h6-8,18H,5,9H2,1-4H3,(H,17,19). The highest BCUT2D eigenvalue weighted by Crippen LogP contribution is 2.31. The van der Waals surface area contributed by atoms with E-state index in [4.69, 9.17) is 0 Å². The molecule has 9 heteroatoms. The molecule has 0 fully saturated rings. The molecule has 0 saturated heterocycles. The maximum absolute atomic E-state index is 12.0. The van der Waals surface area contributed by atoms with Gasteiger partial charge in [0.15, 0.2) is 4.34 Å². The van der Waals surface area contributed by atoms with Gasteiger partial charge in [0.2, 0.25) is 15.9 Å². The van der Waals surface area contributed by atoms with E-state index in [9.17, 15) is 13.2 Å². The summed E-state index contributed by atoms with van der Waals surface area (Å²) in [5.74, 6) is 0.281. The first-order valence-electron chi connectivity index (χ1n) is 7.40. The van der Waals surface area contributed by atoms with E-state index in [-0.39, 0.29) is 11.4 Å². The van der Waals surface area contributed by atoms with Gasteiger partial charge in [-0.15, -0.1) is 11.3 Å². The van der Waals surface area contributed by atoms with Crippen LogP contribution in [0.4, 0.5) is 5.69 Å². The first-order chi connectivity index (χ1) is 11.1. The van der Waals surface area contributed by atoms with E-state index in [2.05, 4.69) is 15.0 Å². The molecule has 0 bridgehead atoms. The number of sulfonamides is 1. The van der Waals surface area contributed by atoms with Crippen LogP contribution in [0.15, 0.2) is 22.5 Å². The molecule has 0 spiro atoms. The summed E-state index contributed by atoms with van der Waals surface area (Å²) in [6.07, 6.45) is 1.97. The summed E-state index contributed by atoms with van der Waals surface area (Å²) >= 11 is 2.82. The summed E-state index contributed by atoms with van der Waals surface area (Å²) in [6.45, 7) is 6.01. The Morgan fingerprint density at radius 3 is 2.71 bits per heavy atom. The molecule has 0 radical (unpaired) electrons. The van der Waals surface area contributed by atoms with Crippen molar-refractivity contribution in [2.24, 2.45) is 0 Å². The number of anilines is 1. The minimum atomic E-state index is -3.30. The predicted molar refractivity (Wildman–Crippen MR) is 101 cm³/mol. The van der Waals surface area contributed by atoms with E-state index in [1.165, 1.54) is 23.1 Å². The van der Waals surface area contributed by atoms with Crippen molar-refractivity contribution < 1.29 is 13.2 Å². The molecule has 1 amide bonds. The van der Waals surface area contributed by atoms with Crippen LogP contribution in [-0.4, -0.2) is 36.9 Å². The van der Waals surface area contributed by atoms with Gasteiger partial charge in [0.1, 0.15) is 0 Å². The maximum Gasteiger partial charge on any atom is 0.230 e. The van der Waals surface area contributed by atoms with Gasteiger partial charge in [-0.2, -0.15) is 0 Å². The number of aromatic nitrogens is 1. The van der Waals surface area contributed by atoms with Crippen molar-refractivity contribution in [1.29, 1.82) is 0 Å². The molecular formula is C15H21N3O3S3. The fraction of sp³-hybridized carbons (Fsp3) is 0.467. The third-order valence-electron chi connectivity index (χ3n) is 3.36. The summed E-state index contributed by atoms with van der Waals surface area (Å²) in [5.41, 5.74) is 1.08. The number of thiazole rings is 1. The van der Waals surface area contributed by atoms with Gasteiger partial charge >= 0.3 is 0 Å². The molecular weight excluding hydrogens is 366 g/mol. The number of fused-ring (bicyclic) bond motifs is 1. The maximum atomic E-state index is 12.0. The Bertz CT molecular complexity index is 844. The quantitative estimate of drug-likeness (QED) is 0.713. The van der Waals surface area contributed by atoms with Gasteiger partial charge in [0, 0.05) is 5.54 Å². The first-order valence-corrected chi connectivity index (χ1v) is 11.1. The molecule has 1 heterocycles. The molecule has 132 valence electrons. The van der Waals surface area contributed by atoms with Crippen LogP contribution < -0.4 is 10.0 Å². The van der Waals surface area contributed by atoms with Crippen LogP contribution in [0.3, 0.4) is 0 Å². The van der Waals surface area contributed by atoms with Crippen molar-refractivity contribution in [2.45, 2.75) is 37.1 Å². The number of thioether (sulfide) groups is 1. The van der Waals surface area contributed by atoms with E-state index in [0.717, 1.165) is 27.2 Å². The number of amides is 1. The molecule has 2 aromatic rings. The van der Waals surface area contributed by atoms with Crippen LogP contribution in [0.5, 0.6) is 0 Å². The molecule has 0 aliphatic heterocycles. The lowest BCUT2D eigenvalue weighted by molar-refractivity contribution is -0.120. The second kappa shape index (κ2) is 7.28. The lowest BCUT2D eigenvalue weighted by Crippen LogP contribution is -2.43. The van der Waals surface area contributed by atoms with Crippen molar-refractivity contribution in [1.82, 2.24) is 10.3 Å². The number of hydrogen-bond donors (Lipinski definition) is 2. The molecule has 1 aromatic carbocycles. The Labute approximate surface area is 150 Å². The lowest BCUT2D eigenvalue weighted by atomic mass is 10.0. The summed E-state index contributed by atoms with van der Waals surface area (Å²) in [6, 6.07) is 5.19. The van der Waals surface area contributed by atoms with Gasteiger partial charge in [0.05, 0.1) is 27.9 Å². The Morgan fingerprint density at radius 2 is 2.08 bits per heavy atom. The van der Waals surface area contributed by atoms with Gasteiger partial charge in [-0.05, 0) is 38.5 Å². The van der Waals surface area contributed by atoms with Gasteiger partial charge in [-0.3, -0.25) is 9.52 Å². The second-order valence-electron chi connectivity index (χ2n) is 6.11. The van der Waals surface area contributed by atoms with Gasteiger partial charge in [0.25, 0.3) is 0 Å². The highest BCUT2D eigenvalue weighted by molar-refractivity contribution is 8.01. The smallest absolute Gasteiger partial charge is 0.230 e. The zero-order valence-electron chi connectivity index (χ0n) is 14.0. The molecule has 0 aliphatic rings. The largest absolute Gasteiger partial charge is 0.351 e. The van der Waals surface area contributed by atoms with Crippen LogP contribution in [0.25, 0.3) is 10.2 Å². The Hall–Kier alpha value is -1.32. The SMILES string of the molecule is CCC(C)(C)NC(=O)CSc1nc2ccc(NS(C)(=O)=O)cc2s1. The molecule has 6 nitrogen and oxygen atoms in total. The number of carbonyl (C=O) groups is 1. The highest BCUT2D eigenvalue weighted by atomic mass is 32.2. The highest BCUT2D eigenvalue weighted by Gasteiger charge is 2.18. The minimum absolute atomic E-state index is 0.0226. The number of hydrogen-bond acceptors (Lipinski definition) is 6. The van der Waals surface area contributed by atoms with Crippen LogP contribution in [0, 0.1) is 0 Å². The molecule has 1 aromatic heterocycles. The molecule has 0 atom stereocenters. The van der Waals surface area contributed by atoms with E-state index in [1.54, 1.807) is 18.2 Å². The second-order valence-corrected chi connectivity index (χ2v) is 10.1. The van der Waals surface area contributed by atoms with E-state index >= 15 is 0 Å². The first kappa shape index (κ1) is 19.0. The summed E-state index contributed by atoms with van der Waals surface area (Å²) in [7, 11) is -3.30. The molecule has 0 aliphatic carbocycles. The Kier molecular flexibility index (Phi) is 5.77. The third-order valence-corrected chi connectivity index (χ3v) is 6.13. The molecule has 2 rings (SSSR count). The Morgan fingerprint density at radius 1 is 1.38 bits per heavy atom. The number of benzene rings is 1. The average molecular weight is 388 g/mol. The topological polar surface area (TPSA) is 88.2 Å². The van der Waals surface area contributed by atoms with Gasteiger partial charge < -0.3 is 5.32 Å². The van der Waals surface area contributed by atoms with Gasteiger partial charge in [-0.1, -0.05) is 18.7 Å². The minimum Gasteiger partial charge on any atom is -0.351 e. The zero-order chi connectivity index (χ0) is 18.0. The summed E-state index contributed by atoms with van der Waals surface area (Å²) in [4.78, 5) is 16.4. The molecule has 0 saturated carbocycles. The van der Waals surface area contributed by atoms with Crippen molar-refractivity contribution in [3.63, 3.8) is 0 Å². The molecule has 24 heavy (non-hydrogen) atoms. The number of carbonyl (C=O) groups excluding carboxylic acids is 1. The molecule has 2 N–H and O–H groups in total. The Balaban J connectivity index is 2.04. The summed E-state index contributed by atoms with van der Waals surface area (Å²) in [5, 5.41) is 2.99. The number of nitrogens with one attached hydrogen (secondary N) is 2. The molecule has 0 unspecified atom stereocenters. The van der Waals surface area contributed by atoms with Crippen LogP contribution in [-0.2, 0) is 14.8 Å². The zero-order valence-corrected chi connectivity index (χ0v) is 16.5. The van der Waals surface area contributed by atoms with E-state index < -0.39 is 10.0 Å². The average Bonchev–Trinajstić information content (AvgIpc) is 2.85. The predicted octanol–water partition coefficient (Wildman–Crippen LogP) is 3.06. The number of rotatable bonds is 7. The van der Waals surface area contributed by atoms with Gasteiger partial charge in [-0.25, -0.2) is 13.4 Å². The normalized spacial score (nSPS) is 12.3. The van der Waals surface area contributed by atoms with E-state index in [0.29, 0.717) is 11.4 Å². The lowest BCUT2D eigenvalue weighted by Gasteiger charge is -2.24. The van der Waals surface area contributed by atoms with Crippen LogP contribution in [0.2, 0.25) is 0 Å².